The van der Waals surface area contributed by atoms with Crippen LogP contribution in [0.2, 0.25) is 0 Å². The van der Waals surface area contributed by atoms with E-state index in [4.69, 9.17) is 0 Å². The minimum atomic E-state index is 0.736. The van der Waals surface area contributed by atoms with Crippen LogP contribution in [0, 0.1) is 0 Å². The monoisotopic (exact) mass is 238 g/mol. The molecule has 0 heterocycles. The van der Waals surface area contributed by atoms with E-state index in [0.29, 0.717) is 0 Å². The van der Waals surface area contributed by atoms with Gasteiger partial charge in [0.15, 0.2) is 0 Å². The number of benzene rings is 2. The van der Waals surface area contributed by atoms with Crippen LogP contribution in [0.25, 0.3) is 0 Å². The second kappa shape index (κ2) is 6.60. The summed E-state index contributed by atoms with van der Waals surface area (Å²) in [5, 5.41) is 0. The molecule has 0 spiro atoms. The number of hydrogen-bond donors (Lipinski definition) is 0. The van der Waals surface area contributed by atoms with Crippen molar-refractivity contribution in [1.29, 1.82) is 0 Å². The maximum atomic E-state index is 4.44. The van der Waals surface area contributed by atoms with Gasteiger partial charge in [0, 0.05) is 13.6 Å². The second-order valence-corrected chi connectivity index (χ2v) is 4.34. The van der Waals surface area contributed by atoms with Gasteiger partial charge in [0.2, 0.25) is 0 Å². The van der Waals surface area contributed by atoms with Gasteiger partial charge in [0.1, 0.15) is 0 Å². The van der Waals surface area contributed by atoms with E-state index in [1.165, 1.54) is 11.1 Å². The Morgan fingerprint density at radius 2 is 1.44 bits per heavy atom. The summed E-state index contributed by atoms with van der Waals surface area (Å²) in [4.78, 5) is 6.53. The van der Waals surface area contributed by atoms with E-state index in [2.05, 4.69) is 46.3 Å². The Hall–Kier alpha value is -2.09. The molecule has 0 aliphatic heterocycles. The van der Waals surface area contributed by atoms with Crippen molar-refractivity contribution in [2.45, 2.75) is 13.1 Å². The van der Waals surface area contributed by atoms with Gasteiger partial charge in [-0.25, -0.2) is 0 Å². The van der Waals surface area contributed by atoms with E-state index in [-0.39, 0.29) is 0 Å². The zero-order valence-electron chi connectivity index (χ0n) is 10.7. The molecule has 0 atom stereocenters. The second-order valence-electron chi connectivity index (χ2n) is 4.34. The Kier molecular flexibility index (Phi) is 4.53. The molecule has 92 valence electrons. The van der Waals surface area contributed by atoms with E-state index in [9.17, 15) is 0 Å². The topological polar surface area (TPSA) is 15.6 Å². The molecule has 2 heteroatoms. The first-order valence-electron chi connectivity index (χ1n) is 6.12. The molecule has 0 amide bonds. The van der Waals surface area contributed by atoms with Crippen LogP contribution in [-0.2, 0) is 13.1 Å². The zero-order chi connectivity index (χ0) is 12.6. The highest BCUT2D eigenvalue weighted by Crippen LogP contribution is 2.02. The van der Waals surface area contributed by atoms with Gasteiger partial charge in [-0.15, -0.1) is 0 Å². The summed E-state index contributed by atoms with van der Waals surface area (Å²) in [6.07, 6.45) is 1.90. The molecule has 2 rings (SSSR count). The summed E-state index contributed by atoms with van der Waals surface area (Å²) in [5.41, 5.74) is 2.54. The van der Waals surface area contributed by atoms with Gasteiger partial charge in [-0.2, -0.15) is 0 Å². The van der Waals surface area contributed by atoms with Crippen molar-refractivity contribution < 1.29 is 0 Å². The zero-order valence-corrected chi connectivity index (χ0v) is 10.7. The number of nitrogens with zero attached hydrogens (tertiary/aromatic N) is 2. The number of hydrogen-bond acceptors (Lipinski definition) is 1. The molecule has 0 aliphatic rings. The van der Waals surface area contributed by atoms with Gasteiger partial charge >= 0.3 is 0 Å². The molecule has 0 unspecified atom stereocenters. The highest BCUT2D eigenvalue weighted by molar-refractivity contribution is 5.54. The van der Waals surface area contributed by atoms with Crippen molar-refractivity contribution in [3.8, 4) is 0 Å². The van der Waals surface area contributed by atoms with Gasteiger partial charge in [-0.3, -0.25) is 4.99 Å². The average molecular weight is 238 g/mol. The van der Waals surface area contributed by atoms with Gasteiger partial charge in [0.05, 0.1) is 12.9 Å². The van der Waals surface area contributed by atoms with Crippen molar-refractivity contribution in [3.05, 3.63) is 71.8 Å². The Labute approximate surface area is 109 Å². The van der Waals surface area contributed by atoms with E-state index >= 15 is 0 Å². The third-order valence-corrected chi connectivity index (χ3v) is 2.67. The van der Waals surface area contributed by atoms with Crippen molar-refractivity contribution >= 4 is 6.34 Å². The van der Waals surface area contributed by atoms with Gasteiger partial charge in [0.25, 0.3) is 0 Å². The number of rotatable bonds is 5. The number of aliphatic imine (C=N–C) groups is 1. The molecule has 0 fully saturated rings. The Morgan fingerprint density at radius 3 is 2.06 bits per heavy atom. The van der Waals surface area contributed by atoms with Crippen LogP contribution in [0.3, 0.4) is 0 Å². The van der Waals surface area contributed by atoms with Crippen LogP contribution in [0.15, 0.2) is 65.7 Å². The molecule has 2 aromatic rings. The summed E-state index contributed by atoms with van der Waals surface area (Å²) < 4.78 is 0. The predicted octanol–water partition coefficient (Wildman–Crippen LogP) is 3.35. The Bertz CT molecular complexity index is 477. The molecular weight excluding hydrogens is 220 g/mol. The fourth-order valence-corrected chi connectivity index (χ4v) is 1.78. The lowest BCUT2D eigenvalue weighted by molar-refractivity contribution is 0.513. The minimum absolute atomic E-state index is 0.736. The lowest BCUT2D eigenvalue weighted by Crippen LogP contribution is -2.15. The predicted molar refractivity (Wildman–Crippen MR) is 76.5 cm³/mol. The van der Waals surface area contributed by atoms with Crippen molar-refractivity contribution in [2.24, 2.45) is 4.99 Å². The fourth-order valence-electron chi connectivity index (χ4n) is 1.78. The fraction of sp³-hybridized carbons (Fsp3) is 0.188. The van der Waals surface area contributed by atoms with E-state index in [1.807, 2.05) is 37.7 Å². The van der Waals surface area contributed by atoms with Crippen LogP contribution >= 0.6 is 0 Å². The maximum absolute atomic E-state index is 4.44. The summed E-state index contributed by atoms with van der Waals surface area (Å²) in [5.74, 6) is 0. The van der Waals surface area contributed by atoms with E-state index in [1.54, 1.807) is 0 Å². The van der Waals surface area contributed by atoms with Crippen LogP contribution in [0.4, 0.5) is 0 Å². The molecule has 0 aliphatic carbocycles. The lowest BCUT2D eigenvalue weighted by Gasteiger charge is -2.12. The molecule has 2 aromatic carbocycles. The third kappa shape index (κ3) is 4.06. The third-order valence-electron chi connectivity index (χ3n) is 2.67. The largest absolute Gasteiger partial charge is 0.362 e. The molecule has 0 saturated heterocycles. The van der Waals surface area contributed by atoms with Gasteiger partial charge in [-0.05, 0) is 11.1 Å². The maximum Gasteiger partial charge on any atom is 0.0854 e. The molecule has 0 saturated carbocycles. The van der Waals surface area contributed by atoms with E-state index in [0.717, 1.165) is 13.1 Å². The molecule has 0 N–H and O–H groups in total. The van der Waals surface area contributed by atoms with Crippen molar-refractivity contribution in [1.82, 2.24) is 4.90 Å². The van der Waals surface area contributed by atoms with Crippen molar-refractivity contribution in [2.75, 3.05) is 7.05 Å². The highest BCUT2D eigenvalue weighted by Gasteiger charge is 1.94. The Balaban J connectivity index is 1.82. The molecule has 0 bridgehead atoms. The van der Waals surface area contributed by atoms with Gasteiger partial charge in [-0.1, -0.05) is 60.7 Å². The van der Waals surface area contributed by atoms with Crippen molar-refractivity contribution in [3.63, 3.8) is 0 Å². The first-order chi connectivity index (χ1) is 8.84. The molecule has 0 aromatic heterocycles. The molecule has 18 heavy (non-hydrogen) atoms. The van der Waals surface area contributed by atoms with Crippen LogP contribution in [0.1, 0.15) is 11.1 Å². The molecular formula is C16H18N2. The van der Waals surface area contributed by atoms with Crippen LogP contribution < -0.4 is 0 Å². The van der Waals surface area contributed by atoms with Crippen LogP contribution in [0.5, 0.6) is 0 Å². The standard InChI is InChI=1S/C16H18N2/c1-18(13-16-10-6-3-7-11-16)14-17-12-15-8-4-2-5-9-15/h2-11,14H,12-13H2,1H3. The average Bonchev–Trinajstić information content (AvgIpc) is 2.41. The minimum Gasteiger partial charge on any atom is -0.362 e. The summed E-state index contributed by atoms with van der Waals surface area (Å²) >= 11 is 0. The first-order valence-corrected chi connectivity index (χ1v) is 6.12. The molecule has 0 radical (unpaired) electrons. The highest BCUT2D eigenvalue weighted by atomic mass is 15.1. The van der Waals surface area contributed by atoms with E-state index < -0.39 is 0 Å². The summed E-state index contributed by atoms with van der Waals surface area (Å²) in [6.45, 7) is 1.62. The smallest absolute Gasteiger partial charge is 0.0854 e. The first kappa shape index (κ1) is 12.4. The lowest BCUT2D eigenvalue weighted by atomic mass is 10.2. The summed E-state index contributed by atoms with van der Waals surface area (Å²) in [7, 11) is 2.04. The van der Waals surface area contributed by atoms with Gasteiger partial charge < -0.3 is 4.90 Å². The SMILES string of the molecule is CN(C=NCc1ccccc1)Cc1ccccc1. The Morgan fingerprint density at radius 1 is 0.889 bits per heavy atom. The van der Waals surface area contributed by atoms with Crippen LogP contribution in [-0.4, -0.2) is 18.3 Å². The quantitative estimate of drug-likeness (QED) is 0.576. The normalized spacial score (nSPS) is 10.7. The summed E-state index contributed by atoms with van der Waals surface area (Å²) in [6, 6.07) is 20.7. The molecule has 2 nitrogen and oxygen atoms in total.